The van der Waals surface area contributed by atoms with Crippen LogP contribution in [0.4, 0.5) is 0 Å². The van der Waals surface area contributed by atoms with Crippen LogP contribution in [-0.2, 0) is 9.59 Å². The molecule has 5 nitrogen and oxygen atoms in total. The fraction of sp³-hybridized carbons (Fsp3) is 0.778. The van der Waals surface area contributed by atoms with Crippen molar-refractivity contribution in [3.8, 4) is 0 Å². The number of hydrogen-bond acceptors (Lipinski definition) is 3. The Morgan fingerprint density at radius 1 is 1.43 bits per heavy atom. The van der Waals surface area contributed by atoms with E-state index in [1.807, 2.05) is 6.92 Å². The smallest absolute Gasteiger partial charge is 0.239 e. The van der Waals surface area contributed by atoms with Crippen LogP contribution in [0, 0.1) is 0 Å². The van der Waals surface area contributed by atoms with Crippen LogP contribution >= 0.6 is 0 Å². The van der Waals surface area contributed by atoms with Gasteiger partial charge in [-0.2, -0.15) is 0 Å². The van der Waals surface area contributed by atoms with E-state index in [1.54, 1.807) is 0 Å². The third-order valence-electron chi connectivity index (χ3n) is 1.91. The van der Waals surface area contributed by atoms with Gasteiger partial charge >= 0.3 is 0 Å². The zero-order valence-electron chi connectivity index (χ0n) is 8.80. The lowest BCUT2D eigenvalue weighted by atomic mass is 10.1. The number of carbonyl (C=O) groups is 2. The van der Waals surface area contributed by atoms with E-state index in [9.17, 15) is 9.59 Å². The summed E-state index contributed by atoms with van der Waals surface area (Å²) in [6, 6.07) is -0.500. The summed E-state index contributed by atoms with van der Waals surface area (Å²) < 4.78 is 0. The first kappa shape index (κ1) is 12.9. The van der Waals surface area contributed by atoms with Crippen LogP contribution in [0.15, 0.2) is 0 Å². The second-order valence-corrected chi connectivity index (χ2v) is 3.14. The van der Waals surface area contributed by atoms with Gasteiger partial charge in [0.2, 0.25) is 11.8 Å². The highest BCUT2D eigenvalue weighted by molar-refractivity contribution is 5.87. The highest BCUT2D eigenvalue weighted by Gasteiger charge is 2.12. The number of rotatable bonds is 6. The van der Waals surface area contributed by atoms with Gasteiger partial charge in [-0.3, -0.25) is 9.59 Å². The molecule has 0 aromatic rings. The van der Waals surface area contributed by atoms with Gasteiger partial charge in [-0.1, -0.05) is 19.8 Å². The molecule has 0 fully saturated rings. The predicted octanol–water partition coefficient (Wildman–Crippen LogP) is -0.634. The molecule has 0 saturated carbocycles. The maximum Gasteiger partial charge on any atom is 0.239 e. The Hall–Kier alpha value is -1.10. The van der Waals surface area contributed by atoms with Gasteiger partial charge in [0.15, 0.2) is 0 Å². The standard InChI is InChI=1S/C9H19N3O2/c1-3-4-5-7(10)9(14)12-6-8(13)11-2/h7H,3-6,10H2,1-2H3,(H,11,13)(H,12,14). The molecule has 14 heavy (non-hydrogen) atoms. The lowest BCUT2D eigenvalue weighted by molar-refractivity contribution is -0.126. The third-order valence-corrected chi connectivity index (χ3v) is 1.91. The molecule has 5 heteroatoms. The monoisotopic (exact) mass is 201 g/mol. The molecule has 0 saturated heterocycles. The molecule has 82 valence electrons. The minimum atomic E-state index is -0.500. The molecule has 1 unspecified atom stereocenters. The summed E-state index contributed by atoms with van der Waals surface area (Å²) in [4.78, 5) is 22.0. The second kappa shape index (κ2) is 7.32. The first-order chi connectivity index (χ1) is 6.61. The van der Waals surface area contributed by atoms with Gasteiger partial charge in [0.1, 0.15) is 0 Å². The highest BCUT2D eigenvalue weighted by atomic mass is 16.2. The molecule has 4 N–H and O–H groups in total. The largest absolute Gasteiger partial charge is 0.358 e. The molecule has 1 atom stereocenters. The van der Waals surface area contributed by atoms with Crippen LogP contribution < -0.4 is 16.4 Å². The van der Waals surface area contributed by atoms with Crippen molar-refractivity contribution >= 4 is 11.8 Å². The second-order valence-electron chi connectivity index (χ2n) is 3.14. The van der Waals surface area contributed by atoms with Gasteiger partial charge in [-0.25, -0.2) is 0 Å². The molecular formula is C9H19N3O2. The highest BCUT2D eigenvalue weighted by Crippen LogP contribution is 1.97. The minimum Gasteiger partial charge on any atom is -0.358 e. The molecule has 0 spiro atoms. The fourth-order valence-electron chi connectivity index (χ4n) is 0.942. The summed E-state index contributed by atoms with van der Waals surface area (Å²) >= 11 is 0. The normalized spacial score (nSPS) is 11.9. The SMILES string of the molecule is CCCCC(N)C(=O)NCC(=O)NC. The van der Waals surface area contributed by atoms with Gasteiger partial charge in [0, 0.05) is 7.05 Å². The lowest BCUT2D eigenvalue weighted by Gasteiger charge is -2.10. The number of unbranched alkanes of at least 4 members (excludes halogenated alkanes) is 1. The summed E-state index contributed by atoms with van der Waals surface area (Å²) in [6.07, 6.45) is 2.60. The van der Waals surface area contributed by atoms with E-state index < -0.39 is 6.04 Å². The summed E-state index contributed by atoms with van der Waals surface area (Å²) in [6.45, 7) is 2.03. The van der Waals surface area contributed by atoms with E-state index >= 15 is 0 Å². The maximum atomic E-state index is 11.3. The van der Waals surface area contributed by atoms with Crippen molar-refractivity contribution in [3.63, 3.8) is 0 Å². The molecule has 0 aromatic carbocycles. The third kappa shape index (κ3) is 5.53. The molecule has 0 bridgehead atoms. The van der Waals surface area contributed by atoms with Crippen LogP contribution in [0.1, 0.15) is 26.2 Å². The van der Waals surface area contributed by atoms with Crippen molar-refractivity contribution in [1.29, 1.82) is 0 Å². The molecule has 0 aliphatic carbocycles. The van der Waals surface area contributed by atoms with Gasteiger partial charge in [-0.05, 0) is 6.42 Å². The van der Waals surface area contributed by atoms with Crippen LogP contribution in [-0.4, -0.2) is 31.4 Å². The Morgan fingerprint density at radius 2 is 2.07 bits per heavy atom. The fourth-order valence-corrected chi connectivity index (χ4v) is 0.942. The molecular weight excluding hydrogens is 182 g/mol. The van der Waals surface area contributed by atoms with E-state index in [4.69, 9.17) is 5.73 Å². The van der Waals surface area contributed by atoms with Crippen molar-refractivity contribution < 1.29 is 9.59 Å². The average molecular weight is 201 g/mol. The number of hydrogen-bond donors (Lipinski definition) is 3. The maximum absolute atomic E-state index is 11.3. The minimum absolute atomic E-state index is 0.00480. The van der Waals surface area contributed by atoms with E-state index in [2.05, 4.69) is 10.6 Å². The summed E-state index contributed by atoms with van der Waals surface area (Å²) in [5.41, 5.74) is 5.59. The molecule has 2 amide bonds. The van der Waals surface area contributed by atoms with Gasteiger partial charge in [-0.15, -0.1) is 0 Å². The van der Waals surface area contributed by atoms with Crippen molar-refractivity contribution in [2.75, 3.05) is 13.6 Å². The topological polar surface area (TPSA) is 84.2 Å². The van der Waals surface area contributed by atoms with Crippen LogP contribution in [0.3, 0.4) is 0 Å². The molecule has 0 aromatic heterocycles. The zero-order valence-corrected chi connectivity index (χ0v) is 8.80. The Morgan fingerprint density at radius 3 is 2.57 bits per heavy atom. The first-order valence-electron chi connectivity index (χ1n) is 4.85. The molecule has 0 rings (SSSR count). The van der Waals surface area contributed by atoms with Gasteiger partial charge < -0.3 is 16.4 Å². The molecule has 0 aliphatic heterocycles. The van der Waals surface area contributed by atoms with Crippen LogP contribution in [0.25, 0.3) is 0 Å². The van der Waals surface area contributed by atoms with E-state index in [-0.39, 0.29) is 18.4 Å². The Kier molecular flexibility index (Phi) is 6.74. The van der Waals surface area contributed by atoms with Crippen molar-refractivity contribution in [2.45, 2.75) is 32.2 Å². The van der Waals surface area contributed by atoms with Crippen molar-refractivity contribution in [1.82, 2.24) is 10.6 Å². The molecule has 0 radical (unpaired) electrons. The van der Waals surface area contributed by atoms with Gasteiger partial charge in [0.25, 0.3) is 0 Å². The Bertz CT molecular complexity index is 194. The van der Waals surface area contributed by atoms with Crippen LogP contribution in [0.5, 0.6) is 0 Å². The number of carbonyl (C=O) groups excluding carboxylic acids is 2. The van der Waals surface area contributed by atoms with E-state index in [1.165, 1.54) is 7.05 Å². The zero-order chi connectivity index (χ0) is 11.0. The Labute approximate surface area is 84.4 Å². The quantitative estimate of drug-likeness (QED) is 0.535. The van der Waals surface area contributed by atoms with E-state index in [0.29, 0.717) is 6.42 Å². The predicted molar refractivity (Wildman–Crippen MR) is 54.6 cm³/mol. The van der Waals surface area contributed by atoms with Gasteiger partial charge in [0.05, 0.1) is 12.6 Å². The lowest BCUT2D eigenvalue weighted by Crippen LogP contribution is -2.44. The van der Waals surface area contributed by atoms with Crippen molar-refractivity contribution in [3.05, 3.63) is 0 Å². The number of likely N-dealkylation sites (N-methyl/N-ethyl adjacent to an activating group) is 1. The Balaban J connectivity index is 3.67. The summed E-state index contributed by atoms with van der Waals surface area (Å²) in [5.74, 6) is -0.483. The molecule has 0 aliphatic rings. The van der Waals surface area contributed by atoms with E-state index in [0.717, 1.165) is 12.8 Å². The van der Waals surface area contributed by atoms with Crippen molar-refractivity contribution in [2.24, 2.45) is 5.73 Å². The molecule has 0 heterocycles. The number of nitrogens with two attached hydrogens (primary N) is 1. The summed E-state index contributed by atoms with van der Waals surface area (Å²) in [5, 5.41) is 4.87. The number of amides is 2. The summed E-state index contributed by atoms with van der Waals surface area (Å²) in [7, 11) is 1.52. The first-order valence-corrected chi connectivity index (χ1v) is 4.85. The van der Waals surface area contributed by atoms with Crippen LogP contribution in [0.2, 0.25) is 0 Å². The average Bonchev–Trinajstić information content (AvgIpc) is 2.21. The number of nitrogens with one attached hydrogen (secondary N) is 2.